The van der Waals surface area contributed by atoms with E-state index in [1.165, 1.54) is 0 Å². The maximum absolute atomic E-state index is 12.6. The Balaban J connectivity index is 2.30. The van der Waals surface area contributed by atoms with E-state index < -0.39 is 0 Å². The van der Waals surface area contributed by atoms with E-state index >= 15 is 0 Å². The van der Waals surface area contributed by atoms with E-state index in [2.05, 4.69) is 18.8 Å². The van der Waals surface area contributed by atoms with Crippen molar-refractivity contribution in [2.75, 3.05) is 0 Å². The number of H-pyrrole nitrogens is 1. The third-order valence-electron chi connectivity index (χ3n) is 3.68. The number of halogens is 1. The number of Topliss-reactive ketones (excluding diaryl/α,β-unsaturated/α-hetero) is 1. The van der Waals surface area contributed by atoms with E-state index in [-0.39, 0.29) is 11.7 Å². The summed E-state index contributed by atoms with van der Waals surface area (Å²) in [5.74, 6) is 0.388. The SMILES string of the molecule is CCCCC(CC)C(=O)c1c[nH]c2cc(Cl)ccc12. The van der Waals surface area contributed by atoms with Gasteiger partial charge in [0, 0.05) is 33.6 Å². The number of aromatic amines is 1. The second-order valence-corrected chi connectivity index (χ2v) is 5.44. The average molecular weight is 278 g/mol. The fraction of sp³-hybridized carbons (Fsp3) is 0.438. The molecule has 0 saturated carbocycles. The number of aromatic nitrogens is 1. The van der Waals surface area contributed by atoms with Crippen molar-refractivity contribution < 1.29 is 4.79 Å². The van der Waals surface area contributed by atoms with E-state index in [0.717, 1.165) is 42.1 Å². The number of benzene rings is 1. The van der Waals surface area contributed by atoms with Gasteiger partial charge in [-0.2, -0.15) is 0 Å². The first-order chi connectivity index (χ1) is 9.17. The molecule has 3 heteroatoms. The summed E-state index contributed by atoms with van der Waals surface area (Å²) in [6.45, 7) is 4.24. The topological polar surface area (TPSA) is 32.9 Å². The number of unbranched alkanes of at least 4 members (excludes halogenated alkanes) is 1. The van der Waals surface area contributed by atoms with Crippen molar-refractivity contribution in [3.05, 3.63) is 35.0 Å². The molecule has 0 amide bonds. The lowest BCUT2D eigenvalue weighted by Gasteiger charge is -2.12. The fourth-order valence-electron chi connectivity index (χ4n) is 2.49. The smallest absolute Gasteiger partial charge is 0.168 e. The molecule has 0 saturated heterocycles. The number of ketones is 1. The number of rotatable bonds is 6. The number of hydrogen-bond donors (Lipinski definition) is 1. The zero-order chi connectivity index (χ0) is 13.8. The van der Waals surface area contributed by atoms with Gasteiger partial charge in [0.25, 0.3) is 0 Å². The van der Waals surface area contributed by atoms with Crippen LogP contribution in [0.4, 0.5) is 0 Å². The van der Waals surface area contributed by atoms with Gasteiger partial charge in [0.1, 0.15) is 0 Å². The summed E-state index contributed by atoms with van der Waals surface area (Å²) in [6, 6.07) is 5.62. The second-order valence-electron chi connectivity index (χ2n) is 5.00. The standard InChI is InChI=1S/C16H20ClNO/c1-3-5-6-11(4-2)16(19)14-10-18-15-9-12(17)7-8-13(14)15/h7-11,18H,3-6H2,1-2H3. The molecule has 1 aromatic heterocycles. The molecule has 1 N–H and O–H groups in total. The predicted molar refractivity (Wildman–Crippen MR) is 80.9 cm³/mol. The number of hydrogen-bond acceptors (Lipinski definition) is 1. The van der Waals surface area contributed by atoms with Crippen molar-refractivity contribution in [2.24, 2.45) is 5.92 Å². The molecule has 2 nitrogen and oxygen atoms in total. The number of carbonyl (C=O) groups is 1. The van der Waals surface area contributed by atoms with Gasteiger partial charge in [0.15, 0.2) is 5.78 Å². The second kappa shape index (κ2) is 6.25. The molecule has 0 aliphatic rings. The Hall–Kier alpha value is -1.28. The van der Waals surface area contributed by atoms with Crippen molar-refractivity contribution >= 4 is 28.3 Å². The lowest BCUT2D eigenvalue weighted by atomic mass is 9.90. The van der Waals surface area contributed by atoms with Crippen LogP contribution in [0.1, 0.15) is 49.9 Å². The first kappa shape index (κ1) is 14.1. The predicted octanol–water partition coefficient (Wildman–Crippen LogP) is 5.22. The van der Waals surface area contributed by atoms with E-state index in [4.69, 9.17) is 11.6 Å². The zero-order valence-corrected chi connectivity index (χ0v) is 12.3. The quantitative estimate of drug-likeness (QED) is 0.721. The Morgan fingerprint density at radius 2 is 2.16 bits per heavy atom. The monoisotopic (exact) mass is 277 g/mol. The Kier molecular flexibility index (Phi) is 4.65. The maximum Gasteiger partial charge on any atom is 0.168 e. The zero-order valence-electron chi connectivity index (χ0n) is 11.5. The molecule has 0 aliphatic carbocycles. The summed E-state index contributed by atoms with van der Waals surface area (Å²) in [4.78, 5) is 15.7. The first-order valence-electron chi connectivity index (χ1n) is 6.98. The highest BCUT2D eigenvalue weighted by Gasteiger charge is 2.20. The van der Waals surface area contributed by atoms with Crippen LogP contribution in [0.25, 0.3) is 10.9 Å². The average Bonchev–Trinajstić information content (AvgIpc) is 2.82. The van der Waals surface area contributed by atoms with Crippen molar-refractivity contribution in [1.82, 2.24) is 4.98 Å². The number of carbonyl (C=O) groups excluding carboxylic acids is 1. The van der Waals surface area contributed by atoms with E-state index in [1.54, 1.807) is 0 Å². The largest absolute Gasteiger partial charge is 0.360 e. The number of fused-ring (bicyclic) bond motifs is 1. The molecule has 0 aliphatic heterocycles. The summed E-state index contributed by atoms with van der Waals surface area (Å²) < 4.78 is 0. The van der Waals surface area contributed by atoms with Gasteiger partial charge in [-0.1, -0.05) is 44.4 Å². The Bertz CT molecular complexity index is 573. The summed E-state index contributed by atoms with van der Waals surface area (Å²) in [7, 11) is 0. The minimum absolute atomic E-state index is 0.134. The molecule has 0 radical (unpaired) electrons. The highest BCUT2D eigenvalue weighted by molar-refractivity contribution is 6.31. The van der Waals surface area contributed by atoms with Gasteiger partial charge in [0.05, 0.1) is 0 Å². The molecule has 2 aromatic rings. The van der Waals surface area contributed by atoms with Crippen LogP contribution in [0.5, 0.6) is 0 Å². The highest BCUT2D eigenvalue weighted by atomic mass is 35.5. The minimum atomic E-state index is 0.134. The van der Waals surface area contributed by atoms with Crippen molar-refractivity contribution in [2.45, 2.75) is 39.5 Å². The summed E-state index contributed by atoms with van der Waals surface area (Å²) in [6.07, 6.45) is 5.94. The van der Waals surface area contributed by atoms with E-state index in [9.17, 15) is 4.79 Å². The molecular weight excluding hydrogens is 258 g/mol. The van der Waals surface area contributed by atoms with Crippen LogP contribution in [0.2, 0.25) is 5.02 Å². The molecular formula is C16H20ClNO. The van der Waals surface area contributed by atoms with Gasteiger partial charge >= 0.3 is 0 Å². The molecule has 0 fully saturated rings. The van der Waals surface area contributed by atoms with Crippen LogP contribution in [0.15, 0.2) is 24.4 Å². The van der Waals surface area contributed by atoms with Crippen molar-refractivity contribution in [3.63, 3.8) is 0 Å². The Morgan fingerprint density at radius 1 is 1.37 bits per heavy atom. The molecule has 1 atom stereocenters. The van der Waals surface area contributed by atoms with Crippen LogP contribution in [0.3, 0.4) is 0 Å². The summed E-state index contributed by atoms with van der Waals surface area (Å²) >= 11 is 5.96. The van der Waals surface area contributed by atoms with Gasteiger partial charge in [-0.05, 0) is 25.0 Å². The van der Waals surface area contributed by atoms with Gasteiger partial charge < -0.3 is 4.98 Å². The number of nitrogens with one attached hydrogen (secondary N) is 1. The van der Waals surface area contributed by atoms with Crippen molar-refractivity contribution in [3.8, 4) is 0 Å². The summed E-state index contributed by atoms with van der Waals surface area (Å²) in [5.41, 5.74) is 1.73. The van der Waals surface area contributed by atoms with Gasteiger partial charge in [-0.15, -0.1) is 0 Å². The normalized spacial score (nSPS) is 12.8. The highest BCUT2D eigenvalue weighted by Crippen LogP contribution is 2.26. The molecule has 102 valence electrons. The maximum atomic E-state index is 12.6. The molecule has 1 aromatic carbocycles. The van der Waals surface area contributed by atoms with Gasteiger partial charge in [-0.3, -0.25) is 4.79 Å². The molecule has 1 unspecified atom stereocenters. The third kappa shape index (κ3) is 3.01. The van der Waals surface area contributed by atoms with E-state index in [1.807, 2.05) is 24.4 Å². The Labute approximate surface area is 119 Å². The van der Waals surface area contributed by atoms with E-state index in [0.29, 0.717) is 5.02 Å². The minimum Gasteiger partial charge on any atom is -0.360 e. The lowest BCUT2D eigenvalue weighted by molar-refractivity contribution is 0.0910. The molecule has 2 rings (SSSR count). The van der Waals surface area contributed by atoms with Crippen LogP contribution in [0, 0.1) is 5.92 Å². The van der Waals surface area contributed by atoms with Crippen LogP contribution in [-0.4, -0.2) is 10.8 Å². The third-order valence-corrected chi connectivity index (χ3v) is 3.91. The lowest BCUT2D eigenvalue weighted by Crippen LogP contribution is -2.13. The molecule has 19 heavy (non-hydrogen) atoms. The molecule has 0 bridgehead atoms. The molecule has 0 spiro atoms. The first-order valence-corrected chi connectivity index (χ1v) is 7.36. The Morgan fingerprint density at radius 3 is 2.84 bits per heavy atom. The fourth-order valence-corrected chi connectivity index (χ4v) is 2.67. The molecule has 1 heterocycles. The van der Waals surface area contributed by atoms with Crippen LogP contribution < -0.4 is 0 Å². The van der Waals surface area contributed by atoms with Crippen LogP contribution >= 0.6 is 11.6 Å². The van der Waals surface area contributed by atoms with Crippen LogP contribution in [-0.2, 0) is 0 Å². The van der Waals surface area contributed by atoms with Gasteiger partial charge in [-0.25, -0.2) is 0 Å². The van der Waals surface area contributed by atoms with Crippen molar-refractivity contribution in [1.29, 1.82) is 0 Å². The van der Waals surface area contributed by atoms with Gasteiger partial charge in [0.2, 0.25) is 0 Å². The summed E-state index contributed by atoms with van der Waals surface area (Å²) in [5, 5.41) is 1.66.